The van der Waals surface area contributed by atoms with Crippen molar-refractivity contribution >= 4 is 8.07 Å². The standard InChI is InChI=1S/C16H30Si/c1-17(2,3)16-14-10-6-4-8-12(14)13-9-5-7-11-15(13)16/h12-16H,4-11H2,1-3H3/t12-,13+,14-,15-,16?/m1/s1. The fourth-order valence-corrected chi connectivity index (χ4v) is 9.33. The third-order valence-electron chi connectivity index (χ3n) is 6.22. The van der Waals surface area contributed by atoms with Crippen LogP contribution in [0.5, 0.6) is 0 Å². The van der Waals surface area contributed by atoms with E-state index >= 15 is 0 Å². The zero-order chi connectivity index (χ0) is 12.0. The zero-order valence-electron chi connectivity index (χ0n) is 12.0. The van der Waals surface area contributed by atoms with Gasteiger partial charge in [0.1, 0.15) is 0 Å². The molecule has 0 saturated heterocycles. The Hall–Kier alpha value is 0.217. The van der Waals surface area contributed by atoms with E-state index in [0.717, 1.165) is 23.7 Å². The van der Waals surface area contributed by atoms with E-state index < -0.39 is 8.07 Å². The minimum Gasteiger partial charge on any atom is -0.0693 e. The molecule has 0 heterocycles. The molecule has 3 aliphatic carbocycles. The Bertz CT molecular complexity index is 256. The maximum Gasteiger partial charge on any atom is 0.0479 e. The Morgan fingerprint density at radius 1 is 0.588 bits per heavy atom. The highest BCUT2D eigenvalue weighted by atomic mass is 28.3. The maximum atomic E-state index is 2.65. The largest absolute Gasteiger partial charge is 0.0693 e. The topological polar surface area (TPSA) is 0 Å². The summed E-state index contributed by atoms with van der Waals surface area (Å²) < 4.78 is 0. The molecule has 0 nitrogen and oxygen atoms in total. The summed E-state index contributed by atoms with van der Waals surface area (Å²) in [7, 11) is -0.941. The van der Waals surface area contributed by atoms with Crippen molar-refractivity contribution in [1.29, 1.82) is 0 Å². The van der Waals surface area contributed by atoms with E-state index in [4.69, 9.17) is 0 Å². The van der Waals surface area contributed by atoms with Crippen LogP contribution >= 0.6 is 0 Å². The average molecular weight is 251 g/mol. The van der Waals surface area contributed by atoms with Gasteiger partial charge in [-0.05, 0) is 42.1 Å². The number of fused-ring (bicyclic) bond motifs is 3. The molecule has 98 valence electrons. The molecule has 17 heavy (non-hydrogen) atoms. The molecule has 1 heteroatoms. The number of hydrogen-bond donors (Lipinski definition) is 0. The lowest BCUT2D eigenvalue weighted by molar-refractivity contribution is 0.184. The third kappa shape index (κ3) is 2.03. The molecular weight excluding hydrogens is 220 g/mol. The molecule has 0 aromatic rings. The molecule has 0 bridgehead atoms. The maximum absolute atomic E-state index is 2.65. The van der Waals surface area contributed by atoms with E-state index in [1.54, 1.807) is 51.4 Å². The molecular formula is C16H30Si. The van der Waals surface area contributed by atoms with Crippen molar-refractivity contribution in [3.05, 3.63) is 0 Å². The number of rotatable bonds is 1. The lowest BCUT2D eigenvalue weighted by atomic mass is 9.73. The normalized spacial score (nSPS) is 43.2. The molecule has 0 aromatic carbocycles. The van der Waals surface area contributed by atoms with E-state index in [0.29, 0.717) is 0 Å². The Labute approximate surface area is 109 Å². The molecule has 0 radical (unpaired) electrons. The van der Waals surface area contributed by atoms with Gasteiger partial charge in [-0.25, -0.2) is 0 Å². The quantitative estimate of drug-likeness (QED) is 0.552. The second kappa shape index (κ2) is 4.40. The van der Waals surface area contributed by atoms with E-state index in [2.05, 4.69) is 19.6 Å². The summed E-state index contributed by atoms with van der Waals surface area (Å²) in [6.07, 6.45) is 12.5. The third-order valence-corrected chi connectivity index (χ3v) is 9.08. The molecule has 1 unspecified atom stereocenters. The van der Waals surface area contributed by atoms with Crippen LogP contribution in [0, 0.1) is 23.7 Å². The predicted molar refractivity (Wildman–Crippen MR) is 78.0 cm³/mol. The SMILES string of the molecule is C[Si](C)(C)C1[C@@H]2CCCC[C@@H]2[C@@H]2CCCC[C@@H]12. The van der Waals surface area contributed by atoms with Gasteiger partial charge in [0.2, 0.25) is 0 Å². The summed E-state index contributed by atoms with van der Waals surface area (Å²) in [6.45, 7) is 7.96. The zero-order valence-corrected chi connectivity index (χ0v) is 13.0. The first-order valence-electron chi connectivity index (χ1n) is 8.09. The highest BCUT2D eigenvalue weighted by molar-refractivity contribution is 6.77. The van der Waals surface area contributed by atoms with Gasteiger partial charge < -0.3 is 0 Å². The van der Waals surface area contributed by atoms with Crippen molar-refractivity contribution in [2.24, 2.45) is 23.7 Å². The Kier molecular flexibility index (Phi) is 3.17. The second-order valence-electron chi connectivity index (χ2n) is 8.12. The summed E-state index contributed by atoms with van der Waals surface area (Å²) in [6, 6.07) is 0. The van der Waals surface area contributed by atoms with Gasteiger partial charge in [0.05, 0.1) is 0 Å². The summed E-state index contributed by atoms with van der Waals surface area (Å²) in [4.78, 5) is 0. The van der Waals surface area contributed by atoms with Crippen molar-refractivity contribution in [1.82, 2.24) is 0 Å². The van der Waals surface area contributed by atoms with Crippen molar-refractivity contribution in [2.45, 2.75) is 76.5 Å². The smallest absolute Gasteiger partial charge is 0.0479 e. The second-order valence-corrected chi connectivity index (χ2v) is 13.5. The highest BCUT2D eigenvalue weighted by Crippen LogP contribution is 2.62. The van der Waals surface area contributed by atoms with E-state index in [1.807, 2.05) is 0 Å². The van der Waals surface area contributed by atoms with Crippen LogP contribution in [0.4, 0.5) is 0 Å². The monoisotopic (exact) mass is 250 g/mol. The molecule has 5 atom stereocenters. The predicted octanol–water partition coefficient (Wildman–Crippen LogP) is 5.32. The van der Waals surface area contributed by atoms with Crippen LogP contribution in [0.15, 0.2) is 0 Å². The first-order valence-corrected chi connectivity index (χ1v) is 11.7. The summed E-state index contributed by atoms with van der Waals surface area (Å²) in [5, 5.41) is 0. The van der Waals surface area contributed by atoms with Gasteiger partial charge in [0, 0.05) is 8.07 Å². The highest BCUT2D eigenvalue weighted by Gasteiger charge is 2.54. The van der Waals surface area contributed by atoms with Crippen LogP contribution in [-0.4, -0.2) is 8.07 Å². The van der Waals surface area contributed by atoms with Gasteiger partial charge in [0.15, 0.2) is 0 Å². The van der Waals surface area contributed by atoms with Gasteiger partial charge in [-0.3, -0.25) is 0 Å². The van der Waals surface area contributed by atoms with Gasteiger partial charge in [-0.15, -0.1) is 0 Å². The molecule has 0 N–H and O–H groups in total. The van der Waals surface area contributed by atoms with E-state index in [9.17, 15) is 0 Å². The fraction of sp³-hybridized carbons (Fsp3) is 1.00. The average Bonchev–Trinajstić information content (AvgIpc) is 2.63. The van der Waals surface area contributed by atoms with Crippen LogP contribution in [0.3, 0.4) is 0 Å². The van der Waals surface area contributed by atoms with Crippen molar-refractivity contribution in [3.8, 4) is 0 Å². The minimum absolute atomic E-state index is 0.941. The number of hydrogen-bond acceptors (Lipinski definition) is 0. The van der Waals surface area contributed by atoms with E-state index in [-0.39, 0.29) is 0 Å². The molecule has 0 amide bonds. The Morgan fingerprint density at radius 2 is 0.941 bits per heavy atom. The van der Waals surface area contributed by atoms with Crippen LogP contribution in [0.25, 0.3) is 0 Å². The van der Waals surface area contributed by atoms with Crippen LogP contribution in [-0.2, 0) is 0 Å². The molecule has 0 spiro atoms. The minimum atomic E-state index is -0.941. The first-order chi connectivity index (χ1) is 8.09. The Morgan fingerprint density at radius 3 is 1.29 bits per heavy atom. The van der Waals surface area contributed by atoms with Gasteiger partial charge in [-0.2, -0.15) is 0 Å². The first kappa shape index (κ1) is 12.3. The van der Waals surface area contributed by atoms with Gasteiger partial charge in [0.25, 0.3) is 0 Å². The lowest BCUT2D eigenvalue weighted by Crippen LogP contribution is -2.36. The van der Waals surface area contributed by atoms with Crippen molar-refractivity contribution in [2.75, 3.05) is 0 Å². The summed E-state index contributed by atoms with van der Waals surface area (Å²) in [5.41, 5.74) is 1.18. The summed E-state index contributed by atoms with van der Waals surface area (Å²) in [5.74, 6) is 4.63. The molecule has 3 rings (SSSR count). The van der Waals surface area contributed by atoms with Gasteiger partial charge in [-0.1, -0.05) is 58.2 Å². The fourth-order valence-electron chi connectivity index (χ4n) is 5.93. The molecule has 3 saturated carbocycles. The molecule has 0 aliphatic heterocycles. The molecule has 3 aliphatic rings. The Balaban J connectivity index is 1.90. The summed E-state index contributed by atoms with van der Waals surface area (Å²) >= 11 is 0. The molecule has 3 fully saturated rings. The van der Waals surface area contributed by atoms with Crippen LogP contribution in [0.2, 0.25) is 25.2 Å². The van der Waals surface area contributed by atoms with Crippen LogP contribution in [0.1, 0.15) is 51.4 Å². The van der Waals surface area contributed by atoms with Crippen LogP contribution < -0.4 is 0 Å². The van der Waals surface area contributed by atoms with Gasteiger partial charge >= 0.3 is 0 Å². The van der Waals surface area contributed by atoms with E-state index in [1.165, 1.54) is 5.54 Å². The van der Waals surface area contributed by atoms with Crippen molar-refractivity contribution < 1.29 is 0 Å². The van der Waals surface area contributed by atoms with Crippen molar-refractivity contribution in [3.63, 3.8) is 0 Å². The lowest BCUT2D eigenvalue weighted by Gasteiger charge is -2.38. The molecule has 0 aromatic heterocycles.